The van der Waals surface area contributed by atoms with Crippen LogP contribution in [-0.4, -0.2) is 55.5 Å². The first-order chi connectivity index (χ1) is 21.3. The van der Waals surface area contributed by atoms with Crippen LogP contribution in [0, 0.1) is 0 Å². The number of carbonyl (C=O) groups excluding carboxylic acids is 1. The number of alkyl halides is 3. The third-order valence-corrected chi connectivity index (χ3v) is 13.6. The summed E-state index contributed by atoms with van der Waals surface area (Å²) in [7, 11) is -3.17. The molecule has 0 radical (unpaired) electrons. The molecule has 0 aliphatic heterocycles. The third kappa shape index (κ3) is 12.5. The lowest BCUT2D eigenvalue weighted by atomic mass is 9.99. The van der Waals surface area contributed by atoms with Crippen LogP contribution in [-0.2, 0) is 9.22 Å². The lowest BCUT2D eigenvalue weighted by Crippen LogP contribution is -2.68. The van der Waals surface area contributed by atoms with Crippen LogP contribution in [0.1, 0.15) is 111 Å². The van der Waals surface area contributed by atoms with Gasteiger partial charge in [0.1, 0.15) is 6.10 Å². The number of aliphatic hydroxyl groups excluding tert-OH is 2. The molecule has 0 spiro atoms. The van der Waals surface area contributed by atoms with Crippen LogP contribution in [0.5, 0.6) is 0 Å². The zero-order valence-electron chi connectivity index (χ0n) is 27.7. The molecule has 0 aliphatic rings. The van der Waals surface area contributed by atoms with Gasteiger partial charge < -0.3 is 20.0 Å². The number of aliphatic hydroxyl groups is 2. The average Bonchev–Trinajstić information content (AvgIpc) is 3.00. The predicted molar refractivity (Wildman–Crippen MR) is 179 cm³/mol. The van der Waals surface area contributed by atoms with Crippen molar-refractivity contribution in [2.45, 2.75) is 141 Å². The summed E-state index contributed by atoms with van der Waals surface area (Å²) in [5.41, 5.74) is 0. The summed E-state index contributed by atoms with van der Waals surface area (Å²) in [6, 6.07) is 17.7. The maximum absolute atomic E-state index is 13.3. The fraction of sp³-hybridized carbons (Fsp3) is 0.639. The van der Waals surface area contributed by atoms with E-state index in [0.29, 0.717) is 6.42 Å². The van der Waals surface area contributed by atoms with Gasteiger partial charge in [0.05, 0.1) is 18.8 Å². The molecular weight excluding hydrogens is 595 g/mol. The maximum atomic E-state index is 13.3. The fourth-order valence-corrected chi connectivity index (χ4v) is 10.7. The molecule has 0 bridgehead atoms. The van der Waals surface area contributed by atoms with Gasteiger partial charge in [-0.15, -0.1) is 0 Å². The Labute approximate surface area is 270 Å². The summed E-state index contributed by atoms with van der Waals surface area (Å²) in [5.74, 6) is -2.17. The molecule has 1 unspecified atom stereocenters. The Morgan fingerprint density at radius 2 is 1.18 bits per heavy atom. The van der Waals surface area contributed by atoms with Gasteiger partial charge in [-0.3, -0.25) is 4.79 Å². The van der Waals surface area contributed by atoms with Gasteiger partial charge in [0, 0.05) is 0 Å². The number of hydrogen-bond acceptors (Lipinski definition) is 4. The number of carbonyl (C=O) groups is 1. The quantitative estimate of drug-likeness (QED) is 0.0970. The molecule has 0 heterocycles. The van der Waals surface area contributed by atoms with E-state index >= 15 is 0 Å². The van der Waals surface area contributed by atoms with Crippen molar-refractivity contribution in [3.05, 3.63) is 60.7 Å². The highest BCUT2D eigenvalue weighted by molar-refractivity contribution is 6.99. The van der Waals surface area contributed by atoms with E-state index in [0.717, 1.165) is 29.6 Å². The van der Waals surface area contributed by atoms with E-state index < -0.39 is 50.3 Å². The minimum absolute atomic E-state index is 0.218. The molecule has 0 aromatic heterocycles. The van der Waals surface area contributed by atoms with Gasteiger partial charge in [-0.25, -0.2) is 0 Å². The summed E-state index contributed by atoms with van der Waals surface area (Å²) in [4.78, 5) is 12.1. The molecule has 3 atom stereocenters. The van der Waals surface area contributed by atoms with Gasteiger partial charge in [-0.2, -0.15) is 13.2 Å². The first-order valence-electron chi connectivity index (χ1n) is 16.8. The van der Waals surface area contributed by atoms with E-state index in [1.54, 1.807) is 0 Å². The van der Waals surface area contributed by atoms with Crippen LogP contribution in [0.2, 0.25) is 5.04 Å². The highest BCUT2D eigenvalue weighted by Crippen LogP contribution is 2.37. The van der Waals surface area contributed by atoms with Crippen LogP contribution in [0.3, 0.4) is 0 Å². The number of rotatable bonds is 21. The van der Waals surface area contributed by atoms with Crippen molar-refractivity contribution in [1.29, 1.82) is 0 Å². The monoisotopic (exact) mass is 651 g/mol. The Hall–Kier alpha value is -2.20. The number of unbranched alkanes of at least 4 members (excludes halogenated alkanes) is 11. The number of benzene rings is 2. The SMILES string of the molecule is CCCCCCCCCCCCCCC(O)[C@@H](O)[C@H](CO[Si](c1ccccc1)(c1ccccc1)C(C)(C)C)NC(=O)C(F)(F)F. The summed E-state index contributed by atoms with van der Waals surface area (Å²) in [6.45, 7) is 7.91. The molecule has 5 nitrogen and oxygen atoms in total. The predicted octanol–water partition coefficient (Wildman–Crippen LogP) is 7.42. The third-order valence-electron chi connectivity index (χ3n) is 8.63. The number of nitrogens with one attached hydrogen (secondary N) is 1. The van der Waals surface area contributed by atoms with Gasteiger partial charge in [-0.1, -0.05) is 165 Å². The second-order valence-corrected chi connectivity index (χ2v) is 17.6. The van der Waals surface area contributed by atoms with Crippen molar-refractivity contribution >= 4 is 24.6 Å². The number of halogens is 3. The Bertz CT molecular complexity index is 1040. The van der Waals surface area contributed by atoms with Crippen molar-refractivity contribution in [2.24, 2.45) is 0 Å². The molecule has 2 aromatic carbocycles. The molecule has 0 aliphatic carbocycles. The molecule has 2 aromatic rings. The molecule has 0 saturated heterocycles. The Kier molecular flexibility index (Phi) is 16.9. The van der Waals surface area contributed by atoms with Crippen LogP contribution in [0.15, 0.2) is 60.7 Å². The van der Waals surface area contributed by atoms with Gasteiger partial charge >= 0.3 is 12.1 Å². The van der Waals surface area contributed by atoms with Gasteiger partial charge in [-0.05, 0) is 21.8 Å². The molecule has 0 fully saturated rings. The van der Waals surface area contributed by atoms with E-state index in [-0.39, 0.29) is 6.42 Å². The summed E-state index contributed by atoms with van der Waals surface area (Å²) in [6.07, 6.45) is 5.85. The van der Waals surface area contributed by atoms with Crippen LogP contribution in [0.25, 0.3) is 0 Å². The van der Waals surface area contributed by atoms with E-state index in [1.807, 2.05) is 86.8 Å². The maximum Gasteiger partial charge on any atom is 0.471 e. The Balaban J connectivity index is 2.09. The number of amides is 1. The number of hydrogen-bond donors (Lipinski definition) is 3. The normalized spacial score (nSPS) is 14.6. The lowest BCUT2D eigenvalue weighted by Gasteiger charge is -2.44. The Morgan fingerprint density at radius 3 is 1.58 bits per heavy atom. The van der Waals surface area contributed by atoms with E-state index in [4.69, 9.17) is 4.43 Å². The van der Waals surface area contributed by atoms with Gasteiger partial charge in [0.2, 0.25) is 0 Å². The molecule has 2 rings (SSSR count). The standard InChI is InChI=1S/C36H56F3NO4Si/c1-5-6-7-8-9-10-11-12-13-14-15-22-27-32(41)33(42)31(40-34(43)36(37,38)39)28-44-45(35(2,3)4,29-23-18-16-19-24-29)30-25-20-17-21-26-30/h16-21,23-26,31-33,41-42H,5-15,22,27-28H2,1-4H3,(H,40,43)/t31-,32?,33-/m0/s1. The summed E-state index contributed by atoms with van der Waals surface area (Å²) in [5, 5.41) is 25.3. The Morgan fingerprint density at radius 1 is 0.756 bits per heavy atom. The molecular formula is C36H56F3NO4Si. The minimum atomic E-state index is -5.14. The molecule has 254 valence electrons. The second-order valence-electron chi connectivity index (χ2n) is 13.3. The molecule has 45 heavy (non-hydrogen) atoms. The van der Waals surface area contributed by atoms with Crippen molar-refractivity contribution in [1.82, 2.24) is 5.32 Å². The van der Waals surface area contributed by atoms with Crippen molar-refractivity contribution < 1.29 is 32.6 Å². The van der Waals surface area contributed by atoms with E-state index in [1.165, 1.54) is 51.4 Å². The molecule has 9 heteroatoms. The smallest absolute Gasteiger partial charge is 0.405 e. The largest absolute Gasteiger partial charge is 0.471 e. The van der Waals surface area contributed by atoms with Crippen molar-refractivity contribution in [3.63, 3.8) is 0 Å². The van der Waals surface area contributed by atoms with Crippen LogP contribution < -0.4 is 15.7 Å². The molecule has 3 N–H and O–H groups in total. The van der Waals surface area contributed by atoms with Gasteiger partial charge in [0.25, 0.3) is 8.32 Å². The lowest BCUT2D eigenvalue weighted by molar-refractivity contribution is -0.176. The molecule has 0 saturated carbocycles. The van der Waals surface area contributed by atoms with Crippen LogP contribution in [0.4, 0.5) is 13.2 Å². The van der Waals surface area contributed by atoms with E-state index in [9.17, 15) is 28.2 Å². The van der Waals surface area contributed by atoms with Gasteiger partial charge in [0.15, 0.2) is 0 Å². The average molecular weight is 652 g/mol. The topological polar surface area (TPSA) is 78.8 Å². The van der Waals surface area contributed by atoms with Crippen molar-refractivity contribution in [2.75, 3.05) is 6.61 Å². The first-order valence-corrected chi connectivity index (χ1v) is 18.7. The van der Waals surface area contributed by atoms with Crippen molar-refractivity contribution in [3.8, 4) is 0 Å². The van der Waals surface area contributed by atoms with Crippen LogP contribution >= 0.6 is 0 Å². The van der Waals surface area contributed by atoms with E-state index in [2.05, 4.69) is 6.92 Å². The minimum Gasteiger partial charge on any atom is -0.405 e. The second kappa shape index (κ2) is 19.5. The zero-order valence-corrected chi connectivity index (χ0v) is 28.7. The fourth-order valence-electron chi connectivity index (χ4n) is 6.09. The summed E-state index contributed by atoms with van der Waals surface area (Å²) < 4.78 is 46.8. The first kappa shape index (κ1) is 39.0. The highest BCUT2D eigenvalue weighted by Gasteiger charge is 2.51. The zero-order chi connectivity index (χ0) is 33.3. The highest BCUT2D eigenvalue weighted by atomic mass is 28.4. The summed E-state index contributed by atoms with van der Waals surface area (Å²) >= 11 is 0. The molecule has 1 amide bonds.